The number of hydrogen-bond donors (Lipinski definition) is 2. The molecule has 0 spiro atoms. The van der Waals surface area contributed by atoms with Crippen molar-refractivity contribution in [2.75, 3.05) is 0 Å². The molecule has 0 saturated carbocycles. The van der Waals surface area contributed by atoms with Crippen LogP contribution < -0.4 is 5.56 Å². The zero-order valence-corrected chi connectivity index (χ0v) is 16.9. The molecule has 1 aliphatic rings. The molecule has 0 saturated heterocycles. The van der Waals surface area contributed by atoms with E-state index in [0.717, 1.165) is 41.5 Å². The van der Waals surface area contributed by atoms with E-state index in [4.69, 9.17) is 0 Å². The number of phenols is 1. The van der Waals surface area contributed by atoms with Gasteiger partial charge in [-0.2, -0.15) is 5.26 Å². The first kappa shape index (κ1) is 18.5. The van der Waals surface area contributed by atoms with Crippen molar-refractivity contribution in [3.63, 3.8) is 0 Å². The fraction of sp³-hybridized carbons (Fsp3) is 0.318. The zero-order chi connectivity index (χ0) is 20.0. The molecule has 0 bridgehead atoms. The number of nitriles is 1. The molecule has 1 atom stereocenters. The quantitative estimate of drug-likeness (QED) is 0.630. The molecule has 4 rings (SSSR count). The van der Waals surface area contributed by atoms with Gasteiger partial charge in [-0.25, -0.2) is 4.98 Å². The van der Waals surface area contributed by atoms with Gasteiger partial charge in [0, 0.05) is 4.88 Å². The maximum Gasteiger partial charge on any atom is 0.260 e. The highest BCUT2D eigenvalue weighted by Gasteiger charge is 2.23. The molecule has 0 radical (unpaired) electrons. The Morgan fingerprint density at radius 1 is 1.39 bits per heavy atom. The molecule has 1 aliphatic carbocycles. The van der Waals surface area contributed by atoms with Crippen LogP contribution in [0, 0.1) is 31.1 Å². The van der Waals surface area contributed by atoms with Crippen molar-refractivity contribution >= 4 is 33.2 Å². The van der Waals surface area contributed by atoms with Gasteiger partial charge in [-0.05, 0) is 79.5 Å². The summed E-state index contributed by atoms with van der Waals surface area (Å²) in [5.74, 6) is 1.16. The summed E-state index contributed by atoms with van der Waals surface area (Å²) in [5, 5.41) is 20.3. The average Bonchev–Trinajstić information content (AvgIpc) is 3.01. The molecule has 2 aromatic heterocycles. The highest BCUT2D eigenvalue weighted by molar-refractivity contribution is 7.18. The molecule has 3 aromatic rings. The maximum atomic E-state index is 12.8. The lowest BCUT2D eigenvalue weighted by molar-refractivity contribution is 0.467. The summed E-state index contributed by atoms with van der Waals surface area (Å²) in [7, 11) is 0. The van der Waals surface area contributed by atoms with Crippen LogP contribution in [0.2, 0.25) is 0 Å². The van der Waals surface area contributed by atoms with Crippen LogP contribution in [0.15, 0.2) is 16.9 Å². The van der Waals surface area contributed by atoms with E-state index in [-0.39, 0.29) is 17.1 Å². The molecule has 0 unspecified atom stereocenters. The van der Waals surface area contributed by atoms with Crippen molar-refractivity contribution in [2.45, 2.75) is 40.0 Å². The Balaban J connectivity index is 1.84. The number of rotatable bonds is 2. The Kier molecular flexibility index (Phi) is 4.56. The Morgan fingerprint density at radius 2 is 2.11 bits per heavy atom. The van der Waals surface area contributed by atoms with Gasteiger partial charge in [0.15, 0.2) is 5.82 Å². The smallest absolute Gasteiger partial charge is 0.260 e. The Hall–Kier alpha value is -2.91. The van der Waals surface area contributed by atoms with Crippen molar-refractivity contribution in [3.8, 4) is 11.8 Å². The van der Waals surface area contributed by atoms with Crippen molar-refractivity contribution in [2.24, 2.45) is 5.92 Å². The third-order valence-electron chi connectivity index (χ3n) is 5.37. The monoisotopic (exact) mass is 391 g/mol. The first-order valence-electron chi connectivity index (χ1n) is 9.34. The van der Waals surface area contributed by atoms with Crippen LogP contribution in [0.25, 0.3) is 21.9 Å². The van der Waals surface area contributed by atoms with Gasteiger partial charge in [-0.3, -0.25) is 4.79 Å². The Labute approximate surface area is 167 Å². The van der Waals surface area contributed by atoms with E-state index in [1.807, 2.05) is 26.0 Å². The molecular weight excluding hydrogens is 370 g/mol. The zero-order valence-electron chi connectivity index (χ0n) is 16.1. The molecule has 1 aromatic carbocycles. The lowest BCUT2D eigenvalue weighted by Gasteiger charge is -2.17. The second-order valence-corrected chi connectivity index (χ2v) is 8.70. The van der Waals surface area contributed by atoms with Gasteiger partial charge in [-0.15, -0.1) is 11.3 Å². The summed E-state index contributed by atoms with van der Waals surface area (Å²) >= 11 is 1.57. The van der Waals surface area contributed by atoms with Gasteiger partial charge < -0.3 is 10.1 Å². The van der Waals surface area contributed by atoms with Crippen LogP contribution in [0.1, 0.15) is 46.3 Å². The lowest BCUT2D eigenvalue weighted by atomic mass is 9.89. The summed E-state index contributed by atoms with van der Waals surface area (Å²) in [6, 6.07) is 5.77. The van der Waals surface area contributed by atoms with Crippen LogP contribution in [-0.2, 0) is 12.8 Å². The molecule has 28 heavy (non-hydrogen) atoms. The number of nitrogens with zero attached hydrogens (tertiary/aromatic N) is 2. The van der Waals surface area contributed by atoms with Crippen molar-refractivity contribution in [3.05, 3.63) is 55.4 Å². The molecule has 0 fully saturated rings. The van der Waals surface area contributed by atoms with E-state index >= 15 is 0 Å². The third-order valence-corrected chi connectivity index (χ3v) is 6.51. The van der Waals surface area contributed by atoms with Crippen LogP contribution >= 0.6 is 11.3 Å². The number of aryl methyl sites for hydroxylation is 3. The van der Waals surface area contributed by atoms with E-state index < -0.39 is 0 Å². The lowest BCUT2D eigenvalue weighted by Crippen LogP contribution is -2.14. The minimum absolute atomic E-state index is 0.175. The van der Waals surface area contributed by atoms with Gasteiger partial charge in [0.1, 0.15) is 16.6 Å². The van der Waals surface area contributed by atoms with Crippen molar-refractivity contribution in [1.29, 1.82) is 5.26 Å². The van der Waals surface area contributed by atoms with Gasteiger partial charge in [-0.1, -0.05) is 6.92 Å². The summed E-state index contributed by atoms with van der Waals surface area (Å²) in [5.41, 5.74) is 3.51. The molecule has 6 heteroatoms. The number of thiophene rings is 1. The Morgan fingerprint density at radius 3 is 2.79 bits per heavy atom. The van der Waals surface area contributed by atoms with Gasteiger partial charge in [0.05, 0.1) is 11.0 Å². The van der Waals surface area contributed by atoms with E-state index in [2.05, 4.69) is 23.0 Å². The van der Waals surface area contributed by atoms with Crippen LogP contribution in [-0.4, -0.2) is 15.1 Å². The molecule has 2 heterocycles. The highest BCUT2D eigenvalue weighted by Crippen LogP contribution is 2.36. The van der Waals surface area contributed by atoms with E-state index in [9.17, 15) is 15.2 Å². The number of hydrogen-bond acceptors (Lipinski definition) is 5. The molecule has 2 N–H and O–H groups in total. The van der Waals surface area contributed by atoms with Crippen LogP contribution in [0.4, 0.5) is 0 Å². The highest BCUT2D eigenvalue weighted by atomic mass is 32.1. The minimum Gasteiger partial charge on any atom is -0.507 e. The van der Waals surface area contributed by atoms with E-state index in [0.29, 0.717) is 21.7 Å². The number of allylic oxidation sites excluding steroid dienone is 1. The van der Waals surface area contributed by atoms with Crippen molar-refractivity contribution < 1.29 is 5.11 Å². The standard InChI is InChI=1S/C22H21N3O2S/c1-11-4-5-16-17(6-11)28-22-18(16)21(27)24-20(25-22)15(10-23)9-14-7-12(2)19(26)13(3)8-14/h7-9,11,26H,4-6H2,1-3H3,(H,24,25,27)/b15-9-/t11-/m0/s1. The number of aromatic amines is 1. The minimum atomic E-state index is -0.175. The molecule has 0 amide bonds. The number of phenolic OH excluding ortho intramolecular Hbond substituents is 1. The largest absolute Gasteiger partial charge is 0.507 e. The second kappa shape index (κ2) is 6.92. The first-order chi connectivity index (χ1) is 13.4. The van der Waals surface area contributed by atoms with Gasteiger partial charge in [0.25, 0.3) is 5.56 Å². The summed E-state index contributed by atoms with van der Waals surface area (Å²) < 4.78 is 0. The van der Waals surface area contributed by atoms with Crippen molar-refractivity contribution in [1.82, 2.24) is 9.97 Å². The summed E-state index contributed by atoms with van der Waals surface area (Å²) in [4.78, 5) is 22.2. The third kappa shape index (κ3) is 3.12. The van der Waals surface area contributed by atoms with Crippen LogP contribution in [0.3, 0.4) is 0 Å². The molecule has 142 valence electrons. The molecule has 5 nitrogen and oxygen atoms in total. The number of H-pyrrole nitrogens is 1. The molecular formula is C22H21N3O2S. The first-order valence-corrected chi connectivity index (χ1v) is 10.2. The average molecular weight is 391 g/mol. The topological polar surface area (TPSA) is 89.8 Å². The summed E-state index contributed by atoms with van der Waals surface area (Å²) in [6.45, 7) is 5.86. The number of fused-ring (bicyclic) bond motifs is 3. The number of aromatic hydroxyl groups is 1. The summed E-state index contributed by atoms with van der Waals surface area (Å²) in [6.07, 6.45) is 4.67. The SMILES string of the molecule is Cc1cc(/C=C(/C#N)c2nc3sc4c(c3c(=O)[nH]2)CC[C@H](C)C4)cc(C)c1O. The number of benzene rings is 1. The predicted molar refractivity (Wildman–Crippen MR) is 112 cm³/mol. The van der Waals surface area contributed by atoms with Crippen LogP contribution in [0.5, 0.6) is 5.75 Å². The second-order valence-electron chi connectivity index (χ2n) is 7.62. The fourth-order valence-corrected chi connectivity index (χ4v) is 5.25. The normalized spacial score (nSPS) is 16.8. The number of aromatic nitrogens is 2. The number of nitrogens with one attached hydrogen (secondary N) is 1. The van der Waals surface area contributed by atoms with Gasteiger partial charge >= 0.3 is 0 Å². The predicted octanol–water partition coefficient (Wildman–Crippen LogP) is 4.50. The maximum absolute atomic E-state index is 12.8. The van der Waals surface area contributed by atoms with Gasteiger partial charge in [0.2, 0.25) is 0 Å². The van der Waals surface area contributed by atoms with E-state index in [1.54, 1.807) is 17.4 Å². The molecule has 0 aliphatic heterocycles. The van der Waals surface area contributed by atoms with E-state index in [1.165, 1.54) is 4.88 Å². The fourth-order valence-electron chi connectivity index (χ4n) is 3.87. The Bertz CT molecular complexity index is 1200.